The molecule has 4 nitrogen and oxygen atoms in total. The van der Waals surface area contributed by atoms with Crippen LogP contribution in [0.2, 0.25) is 0 Å². The lowest BCUT2D eigenvalue weighted by atomic mass is 10.1. The van der Waals surface area contributed by atoms with Gasteiger partial charge in [-0.05, 0) is 36.8 Å². The highest BCUT2D eigenvalue weighted by Crippen LogP contribution is 2.20. The number of carbonyl (C=O) groups excluding carboxylic acids is 1. The summed E-state index contributed by atoms with van der Waals surface area (Å²) in [5.41, 5.74) is 2.88. The van der Waals surface area contributed by atoms with E-state index in [1.807, 2.05) is 56.3 Å². The van der Waals surface area contributed by atoms with E-state index in [9.17, 15) is 4.79 Å². The Morgan fingerprint density at radius 1 is 1.10 bits per heavy atom. The van der Waals surface area contributed by atoms with E-state index in [1.54, 1.807) is 0 Å². The van der Waals surface area contributed by atoms with Gasteiger partial charge in [-0.2, -0.15) is 5.10 Å². The Balaban J connectivity index is 1.91. The summed E-state index contributed by atoms with van der Waals surface area (Å²) in [5, 5.41) is 12.0. The van der Waals surface area contributed by atoms with Crippen LogP contribution in [0.3, 0.4) is 0 Å². The summed E-state index contributed by atoms with van der Waals surface area (Å²) in [6.45, 7) is 3.66. The molecule has 0 unspecified atom stereocenters. The zero-order valence-electron chi connectivity index (χ0n) is 11.4. The quantitative estimate of drug-likeness (QED) is 0.745. The molecule has 2 N–H and O–H groups in total. The van der Waals surface area contributed by atoms with Crippen molar-refractivity contribution in [1.82, 2.24) is 10.2 Å². The van der Waals surface area contributed by atoms with Gasteiger partial charge in [-0.15, -0.1) is 0 Å². The minimum Gasteiger partial charge on any atom is -0.322 e. The number of aromatic amines is 1. The van der Waals surface area contributed by atoms with Gasteiger partial charge >= 0.3 is 0 Å². The number of aryl methyl sites for hydroxylation is 2. The molecule has 2 aromatic carbocycles. The summed E-state index contributed by atoms with van der Waals surface area (Å²) in [7, 11) is 0. The molecule has 0 fully saturated rings. The zero-order chi connectivity index (χ0) is 14.1. The summed E-state index contributed by atoms with van der Waals surface area (Å²) in [6, 6.07) is 13.9. The number of nitrogens with one attached hydrogen (secondary N) is 2. The van der Waals surface area contributed by atoms with Crippen LogP contribution < -0.4 is 5.32 Å². The Kier molecular flexibility index (Phi) is 2.99. The van der Waals surface area contributed by atoms with Crippen LogP contribution in [0.5, 0.6) is 0 Å². The average Bonchev–Trinajstić information content (AvgIpc) is 2.78. The molecule has 1 amide bonds. The second kappa shape index (κ2) is 4.81. The van der Waals surface area contributed by atoms with Gasteiger partial charge in [-0.1, -0.05) is 30.3 Å². The molecule has 20 heavy (non-hydrogen) atoms. The van der Waals surface area contributed by atoms with Gasteiger partial charge in [0.25, 0.3) is 5.91 Å². The molecule has 1 aromatic heterocycles. The van der Waals surface area contributed by atoms with Crippen LogP contribution in [0.25, 0.3) is 10.8 Å². The zero-order valence-corrected chi connectivity index (χ0v) is 11.4. The number of amides is 1. The molecule has 1 heterocycles. The second-order valence-corrected chi connectivity index (χ2v) is 4.83. The summed E-state index contributed by atoms with van der Waals surface area (Å²) in [4.78, 5) is 12.3. The third-order valence-corrected chi connectivity index (χ3v) is 3.36. The molecule has 0 spiro atoms. The number of carbonyl (C=O) groups is 1. The largest absolute Gasteiger partial charge is 0.322 e. The minimum atomic E-state index is -0.135. The van der Waals surface area contributed by atoms with E-state index in [0.717, 1.165) is 22.2 Å². The molecule has 0 atom stereocenters. The van der Waals surface area contributed by atoms with Gasteiger partial charge in [0, 0.05) is 11.4 Å². The van der Waals surface area contributed by atoms with Crippen molar-refractivity contribution in [3.63, 3.8) is 0 Å². The topological polar surface area (TPSA) is 57.8 Å². The fourth-order valence-corrected chi connectivity index (χ4v) is 2.35. The Hall–Kier alpha value is -2.62. The maximum atomic E-state index is 12.3. The van der Waals surface area contributed by atoms with Crippen LogP contribution in [-0.2, 0) is 0 Å². The lowest BCUT2D eigenvalue weighted by Crippen LogP contribution is -2.13. The number of fused-ring (bicyclic) bond motifs is 1. The van der Waals surface area contributed by atoms with Crippen LogP contribution in [0.1, 0.15) is 21.7 Å². The number of hydrogen-bond acceptors (Lipinski definition) is 2. The molecule has 0 aliphatic carbocycles. The van der Waals surface area contributed by atoms with Gasteiger partial charge in [-0.25, -0.2) is 0 Å². The summed E-state index contributed by atoms with van der Waals surface area (Å²) >= 11 is 0. The number of benzene rings is 2. The molecule has 3 rings (SSSR count). The highest BCUT2D eigenvalue weighted by Gasteiger charge is 2.15. The van der Waals surface area contributed by atoms with Gasteiger partial charge in [-0.3, -0.25) is 9.89 Å². The fourth-order valence-electron chi connectivity index (χ4n) is 2.35. The Morgan fingerprint density at radius 3 is 2.55 bits per heavy atom. The molecule has 4 heteroatoms. The molecule has 0 aliphatic rings. The first-order chi connectivity index (χ1) is 9.65. The molecule has 0 saturated heterocycles. The third kappa shape index (κ3) is 2.16. The smallest absolute Gasteiger partial charge is 0.259 e. The van der Waals surface area contributed by atoms with Gasteiger partial charge in [0.15, 0.2) is 0 Å². The first kappa shape index (κ1) is 12.4. The predicted octanol–water partition coefficient (Wildman–Crippen LogP) is 3.43. The number of H-pyrrole nitrogens is 1. The molecule has 0 radical (unpaired) electrons. The van der Waals surface area contributed by atoms with Crippen LogP contribution in [0, 0.1) is 13.8 Å². The monoisotopic (exact) mass is 265 g/mol. The van der Waals surface area contributed by atoms with Crippen LogP contribution in [-0.4, -0.2) is 16.1 Å². The molecule has 0 saturated carbocycles. The number of aromatic nitrogens is 2. The normalized spacial score (nSPS) is 10.7. The molecular weight excluding hydrogens is 250 g/mol. The van der Waals surface area contributed by atoms with E-state index in [-0.39, 0.29) is 5.91 Å². The predicted molar refractivity (Wildman–Crippen MR) is 80.0 cm³/mol. The lowest BCUT2D eigenvalue weighted by molar-refractivity contribution is 0.102. The maximum Gasteiger partial charge on any atom is 0.259 e. The Labute approximate surface area is 116 Å². The van der Waals surface area contributed by atoms with Crippen LogP contribution >= 0.6 is 0 Å². The maximum absolute atomic E-state index is 12.3. The van der Waals surface area contributed by atoms with Crippen molar-refractivity contribution < 1.29 is 4.79 Å². The molecule has 100 valence electrons. The fraction of sp³-hybridized carbons (Fsp3) is 0.125. The first-order valence-electron chi connectivity index (χ1n) is 6.47. The van der Waals surface area contributed by atoms with Crippen LogP contribution in [0.4, 0.5) is 5.69 Å². The van der Waals surface area contributed by atoms with Crippen molar-refractivity contribution in [2.24, 2.45) is 0 Å². The van der Waals surface area contributed by atoms with Crippen molar-refractivity contribution in [2.75, 3.05) is 5.32 Å². The minimum absolute atomic E-state index is 0.135. The van der Waals surface area contributed by atoms with E-state index in [0.29, 0.717) is 11.3 Å². The molecular formula is C16H15N3O. The van der Waals surface area contributed by atoms with E-state index < -0.39 is 0 Å². The molecule has 0 aliphatic heterocycles. The Bertz CT molecular complexity index is 770. The highest BCUT2D eigenvalue weighted by atomic mass is 16.1. The van der Waals surface area contributed by atoms with E-state index >= 15 is 0 Å². The van der Waals surface area contributed by atoms with E-state index in [2.05, 4.69) is 15.5 Å². The van der Waals surface area contributed by atoms with Crippen molar-refractivity contribution in [1.29, 1.82) is 0 Å². The van der Waals surface area contributed by atoms with Crippen molar-refractivity contribution in [2.45, 2.75) is 13.8 Å². The van der Waals surface area contributed by atoms with Crippen molar-refractivity contribution in [3.05, 3.63) is 59.4 Å². The second-order valence-electron chi connectivity index (χ2n) is 4.83. The van der Waals surface area contributed by atoms with Crippen molar-refractivity contribution >= 4 is 22.4 Å². The highest BCUT2D eigenvalue weighted by molar-refractivity contribution is 6.06. The number of nitrogens with zero attached hydrogens (tertiary/aromatic N) is 1. The van der Waals surface area contributed by atoms with Gasteiger partial charge in [0.2, 0.25) is 0 Å². The summed E-state index contributed by atoms with van der Waals surface area (Å²) < 4.78 is 0. The average molecular weight is 265 g/mol. The molecule has 3 aromatic rings. The first-order valence-corrected chi connectivity index (χ1v) is 6.47. The van der Waals surface area contributed by atoms with E-state index in [4.69, 9.17) is 0 Å². The van der Waals surface area contributed by atoms with E-state index in [1.165, 1.54) is 0 Å². The Morgan fingerprint density at radius 2 is 1.85 bits per heavy atom. The van der Waals surface area contributed by atoms with Gasteiger partial charge in [0.1, 0.15) is 0 Å². The van der Waals surface area contributed by atoms with Gasteiger partial charge in [0.05, 0.1) is 11.3 Å². The van der Waals surface area contributed by atoms with Crippen LogP contribution in [0.15, 0.2) is 42.5 Å². The number of anilines is 1. The molecule has 0 bridgehead atoms. The SMILES string of the molecule is Cc1n[nH]c(C)c1C(=O)Nc1ccc2ccccc2c1. The van der Waals surface area contributed by atoms with Crippen molar-refractivity contribution in [3.8, 4) is 0 Å². The number of hydrogen-bond donors (Lipinski definition) is 2. The summed E-state index contributed by atoms with van der Waals surface area (Å²) in [6.07, 6.45) is 0. The van der Waals surface area contributed by atoms with Gasteiger partial charge < -0.3 is 5.32 Å². The standard InChI is InChI=1S/C16H15N3O/c1-10-15(11(2)19-18-10)16(20)17-14-8-7-12-5-3-4-6-13(12)9-14/h3-9H,1-2H3,(H,17,20)(H,18,19). The third-order valence-electron chi connectivity index (χ3n) is 3.36. The number of rotatable bonds is 2. The summed E-state index contributed by atoms with van der Waals surface area (Å²) in [5.74, 6) is -0.135. The lowest BCUT2D eigenvalue weighted by Gasteiger charge is -2.06.